The summed E-state index contributed by atoms with van der Waals surface area (Å²) in [5.41, 5.74) is 1.13. The molecule has 1 unspecified atom stereocenters. The summed E-state index contributed by atoms with van der Waals surface area (Å²) >= 11 is 0. The number of piperidine rings is 1. The monoisotopic (exact) mass is 423 g/mol. The number of nitrogens with zero attached hydrogens (tertiary/aromatic N) is 3. The van der Waals surface area contributed by atoms with Crippen molar-refractivity contribution in [3.05, 3.63) is 48.2 Å². The van der Waals surface area contributed by atoms with Crippen LogP contribution in [0.1, 0.15) is 50.5 Å². The number of nitrogens with one attached hydrogen (secondary N) is 2. The molecule has 1 atom stereocenters. The van der Waals surface area contributed by atoms with E-state index in [0.717, 1.165) is 37.8 Å². The minimum Gasteiger partial charge on any atom is -0.353 e. The van der Waals surface area contributed by atoms with E-state index in [1.54, 1.807) is 10.9 Å². The molecule has 0 radical (unpaired) electrons. The topological polar surface area (TPSA) is 79.3 Å². The van der Waals surface area contributed by atoms with Crippen molar-refractivity contribution in [2.45, 2.75) is 57.5 Å². The first-order valence-corrected chi connectivity index (χ1v) is 11.6. The zero-order chi connectivity index (χ0) is 21.5. The van der Waals surface area contributed by atoms with Crippen LogP contribution in [0, 0.1) is 5.92 Å². The number of likely N-dealkylation sites (tertiary alicyclic amines) is 1. The van der Waals surface area contributed by atoms with Gasteiger partial charge in [-0.2, -0.15) is 5.10 Å². The van der Waals surface area contributed by atoms with Crippen LogP contribution in [-0.4, -0.2) is 52.2 Å². The summed E-state index contributed by atoms with van der Waals surface area (Å²) in [7, 11) is 0. The van der Waals surface area contributed by atoms with E-state index in [-0.39, 0.29) is 17.7 Å². The molecular formula is C24H33N5O2. The van der Waals surface area contributed by atoms with E-state index in [4.69, 9.17) is 0 Å². The number of aromatic nitrogens is 2. The fourth-order valence-electron chi connectivity index (χ4n) is 4.69. The Morgan fingerprint density at radius 3 is 2.61 bits per heavy atom. The van der Waals surface area contributed by atoms with Crippen molar-refractivity contribution in [3.8, 4) is 0 Å². The van der Waals surface area contributed by atoms with Gasteiger partial charge in [-0.15, -0.1) is 0 Å². The largest absolute Gasteiger partial charge is 0.353 e. The Morgan fingerprint density at radius 2 is 1.81 bits per heavy atom. The number of carbonyl (C=O) groups excluding carboxylic acids is 2. The van der Waals surface area contributed by atoms with Gasteiger partial charge in [0, 0.05) is 18.7 Å². The normalized spacial score (nSPS) is 20.3. The molecule has 1 saturated carbocycles. The van der Waals surface area contributed by atoms with Crippen molar-refractivity contribution >= 4 is 17.6 Å². The molecule has 2 amide bonds. The third kappa shape index (κ3) is 6.17. The molecular weight excluding hydrogens is 390 g/mol. The molecule has 1 aliphatic heterocycles. The summed E-state index contributed by atoms with van der Waals surface area (Å²) in [6.07, 6.45) is 9.45. The first-order valence-electron chi connectivity index (χ1n) is 11.6. The molecule has 2 N–H and O–H groups in total. The molecule has 31 heavy (non-hydrogen) atoms. The Kier molecular flexibility index (Phi) is 7.35. The summed E-state index contributed by atoms with van der Waals surface area (Å²) in [5, 5.41) is 10.6. The maximum atomic E-state index is 12.7. The molecule has 2 heterocycles. The summed E-state index contributed by atoms with van der Waals surface area (Å²) < 4.78 is 1.80. The zero-order valence-corrected chi connectivity index (χ0v) is 18.1. The fraction of sp³-hybridized carbons (Fsp3) is 0.542. The van der Waals surface area contributed by atoms with Crippen molar-refractivity contribution in [2.75, 3.05) is 25.0 Å². The lowest BCUT2D eigenvalue weighted by molar-refractivity contribution is -0.128. The molecule has 1 saturated heterocycles. The van der Waals surface area contributed by atoms with E-state index in [1.807, 2.05) is 36.4 Å². The number of rotatable bonds is 7. The van der Waals surface area contributed by atoms with E-state index in [0.29, 0.717) is 31.5 Å². The van der Waals surface area contributed by atoms with Crippen LogP contribution in [0.3, 0.4) is 0 Å². The van der Waals surface area contributed by atoms with Gasteiger partial charge < -0.3 is 10.6 Å². The Bertz CT molecular complexity index is 860. The van der Waals surface area contributed by atoms with E-state index in [1.165, 1.54) is 19.3 Å². The van der Waals surface area contributed by atoms with Crippen molar-refractivity contribution in [1.29, 1.82) is 0 Å². The second-order valence-electron chi connectivity index (χ2n) is 8.83. The maximum absolute atomic E-state index is 12.7. The number of amides is 2. The summed E-state index contributed by atoms with van der Waals surface area (Å²) in [6.45, 7) is 2.40. The number of carbonyl (C=O) groups is 2. The highest BCUT2D eigenvalue weighted by molar-refractivity contribution is 5.91. The Labute approximate surface area is 184 Å². The average molecular weight is 424 g/mol. The number of anilines is 1. The molecule has 2 aliphatic rings. The lowest BCUT2D eigenvalue weighted by Gasteiger charge is -2.33. The van der Waals surface area contributed by atoms with E-state index in [9.17, 15) is 9.59 Å². The van der Waals surface area contributed by atoms with Gasteiger partial charge in [0.1, 0.15) is 5.82 Å². The van der Waals surface area contributed by atoms with E-state index >= 15 is 0 Å². The minimum absolute atomic E-state index is 0.0212. The molecule has 0 bridgehead atoms. The van der Waals surface area contributed by atoms with Gasteiger partial charge in [-0.05, 0) is 37.8 Å². The predicted octanol–water partition coefficient (Wildman–Crippen LogP) is 3.03. The smallest absolute Gasteiger partial charge is 0.239 e. The molecule has 7 nitrogen and oxygen atoms in total. The number of hydrogen-bond acceptors (Lipinski definition) is 4. The molecule has 1 aromatic carbocycles. The summed E-state index contributed by atoms with van der Waals surface area (Å²) in [5.74, 6) is 0.769. The Balaban J connectivity index is 1.27. The maximum Gasteiger partial charge on any atom is 0.239 e. The highest BCUT2D eigenvalue weighted by atomic mass is 16.2. The van der Waals surface area contributed by atoms with Crippen molar-refractivity contribution in [2.24, 2.45) is 5.92 Å². The molecule has 2 fully saturated rings. The molecule has 7 heteroatoms. The molecule has 1 aromatic heterocycles. The van der Waals surface area contributed by atoms with Crippen LogP contribution in [0.2, 0.25) is 0 Å². The zero-order valence-electron chi connectivity index (χ0n) is 18.1. The van der Waals surface area contributed by atoms with Gasteiger partial charge in [0.15, 0.2) is 0 Å². The van der Waals surface area contributed by atoms with Gasteiger partial charge in [-0.3, -0.25) is 14.5 Å². The van der Waals surface area contributed by atoms with Crippen LogP contribution in [0.4, 0.5) is 5.82 Å². The Morgan fingerprint density at radius 1 is 1.00 bits per heavy atom. The number of benzene rings is 1. The molecule has 1 aliphatic carbocycles. The average Bonchev–Trinajstić information content (AvgIpc) is 3.21. The predicted molar refractivity (Wildman–Crippen MR) is 121 cm³/mol. The molecule has 166 valence electrons. The van der Waals surface area contributed by atoms with Gasteiger partial charge in [0.05, 0.1) is 25.2 Å². The van der Waals surface area contributed by atoms with Gasteiger partial charge in [0.25, 0.3) is 0 Å². The van der Waals surface area contributed by atoms with Crippen molar-refractivity contribution in [1.82, 2.24) is 20.0 Å². The first-order chi connectivity index (χ1) is 15.2. The standard InChI is InChI=1S/C24H33N5O2/c30-23(27-22-13-14-25-29(22)16-19-8-3-1-4-9-19)18-28-15-7-10-20(17-28)24(31)26-21-11-5-2-6-12-21/h1,3-4,8-9,13-14,20-21H,2,5-7,10-12,15-18H2,(H,26,31)(H,27,30). The van der Waals surface area contributed by atoms with Gasteiger partial charge in [0.2, 0.25) is 11.8 Å². The molecule has 2 aromatic rings. The van der Waals surface area contributed by atoms with Crippen LogP contribution in [0.25, 0.3) is 0 Å². The van der Waals surface area contributed by atoms with Crippen LogP contribution in [0.15, 0.2) is 42.6 Å². The van der Waals surface area contributed by atoms with E-state index < -0.39 is 0 Å². The number of hydrogen-bond donors (Lipinski definition) is 2. The van der Waals surface area contributed by atoms with Crippen molar-refractivity contribution in [3.63, 3.8) is 0 Å². The first kappa shape index (κ1) is 21.6. The van der Waals surface area contributed by atoms with Crippen LogP contribution < -0.4 is 10.6 Å². The third-order valence-corrected chi connectivity index (χ3v) is 6.35. The lowest BCUT2D eigenvalue weighted by Crippen LogP contribution is -2.47. The van der Waals surface area contributed by atoms with Gasteiger partial charge >= 0.3 is 0 Å². The van der Waals surface area contributed by atoms with Crippen LogP contribution in [0.5, 0.6) is 0 Å². The summed E-state index contributed by atoms with van der Waals surface area (Å²) in [6, 6.07) is 12.2. The van der Waals surface area contributed by atoms with Crippen LogP contribution >= 0.6 is 0 Å². The summed E-state index contributed by atoms with van der Waals surface area (Å²) in [4.78, 5) is 27.5. The SMILES string of the molecule is O=C(CN1CCCC(C(=O)NC2CCCCC2)C1)Nc1ccnn1Cc1ccccc1. The highest BCUT2D eigenvalue weighted by Gasteiger charge is 2.28. The minimum atomic E-state index is -0.0665. The third-order valence-electron chi connectivity index (χ3n) is 6.35. The molecule has 0 spiro atoms. The second kappa shape index (κ2) is 10.6. The van der Waals surface area contributed by atoms with Crippen LogP contribution in [-0.2, 0) is 16.1 Å². The molecule has 4 rings (SSSR count). The lowest BCUT2D eigenvalue weighted by atomic mass is 9.93. The van der Waals surface area contributed by atoms with Gasteiger partial charge in [-0.25, -0.2) is 4.68 Å². The van der Waals surface area contributed by atoms with E-state index in [2.05, 4.69) is 20.6 Å². The second-order valence-corrected chi connectivity index (χ2v) is 8.83. The highest BCUT2D eigenvalue weighted by Crippen LogP contribution is 2.21. The fourth-order valence-corrected chi connectivity index (χ4v) is 4.69. The van der Waals surface area contributed by atoms with Crippen molar-refractivity contribution < 1.29 is 9.59 Å². The Hall–Kier alpha value is -2.67. The van der Waals surface area contributed by atoms with Gasteiger partial charge in [-0.1, -0.05) is 49.6 Å². The quantitative estimate of drug-likeness (QED) is 0.718.